The van der Waals surface area contributed by atoms with Gasteiger partial charge in [0.25, 0.3) is 0 Å². The van der Waals surface area contributed by atoms with Crippen LogP contribution in [0.2, 0.25) is 0 Å². The molecule has 0 saturated carbocycles. The zero-order valence-electron chi connectivity index (χ0n) is 9.03. The van der Waals surface area contributed by atoms with Crippen LogP contribution in [0.25, 0.3) is 0 Å². The summed E-state index contributed by atoms with van der Waals surface area (Å²) < 4.78 is 0. The number of rotatable bonds is 1. The largest absolute Gasteiger partial charge is 0.509 e. The van der Waals surface area contributed by atoms with E-state index in [1.54, 1.807) is 6.92 Å². The first kappa shape index (κ1) is 11.0. The standard InChI is InChI=1S/C10H17NO3/c1-6-5-10(2,3)9(13)7(8(6)12)11(4)14/h6,13-14H,5H2,1-4H3. The summed E-state index contributed by atoms with van der Waals surface area (Å²) in [6.45, 7) is 5.52. The van der Waals surface area contributed by atoms with Crippen molar-refractivity contribution >= 4 is 5.78 Å². The lowest BCUT2D eigenvalue weighted by molar-refractivity contribution is -0.129. The molecule has 4 nitrogen and oxygen atoms in total. The fourth-order valence-electron chi connectivity index (χ4n) is 1.94. The lowest BCUT2D eigenvalue weighted by Crippen LogP contribution is -2.37. The lowest BCUT2D eigenvalue weighted by Gasteiger charge is -2.35. The van der Waals surface area contributed by atoms with Gasteiger partial charge in [0.1, 0.15) is 11.5 Å². The van der Waals surface area contributed by atoms with Crippen molar-refractivity contribution in [2.75, 3.05) is 7.05 Å². The molecule has 1 atom stereocenters. The third-order valence-corrected chi connectivity index (χ3v) is 2.69. The molecule has 0 radical (unpaired) electrons. The van der Waals surface area contributed by atoms with Crippen LogP contribution in [0.1, 0.15) is 27.2 Å². The zero-order chi connectivity index (χ0) is 11.1. The van der Waals surface area contributed by atoms with Crippen LogP contribution >= 0.6 is 0 Å². The summed E-state index contributed by atoms with van der Waals surface area (Å²) >= 11 is 0. The molecule has 0 aromatic carbocycles. The van der Waals surface area contributed by atoms with E-state index >= 15 is 0 Å². The maximum Gasteiger partial charge on any atom is 0.187 e. The maximum atomic E-state index is 11.6. The molecular weight excluding hydrogens is 182 g/mol. The number of ketones is 1. The molecule has 0 aliphatic heterocycles. The first-order chi connectivity index (χ1) is 6.27. The van der Waals surface area contributed by atoms with E-state index in [1.807, 2.05) is 13.8 Å². The smallest absolute Gasteiger partial charge is 0.187 e. The third kappa shape index (κ3) is 1.62. The van der Waals surface area contributed by atoms with Gasteiger partial charge < -0.3 is 5.11 Å². The average Bonchev–Trinajstić information content (AvgIpc) is 2.00. The van der Waals surface area contributed by atoms with Crippen molar-refractivity contribution in [1.82, 2.24) is 5.06 Å². The molecule has 80 valence electrons. The van der Waals surface area contributed by atoms with Gasteiger partial charge in [0, 0.05) is 18.4 Å². The Balaban J connectivity index is 3.23. The predicted molar refractivity (Wildman–Crippen MR) is 51.8 cm³/mol. The van der Waals surface area contributed by atoms with Crippen LogP contribution in [-0.4, -0.2) is 28.2 Å². The molecule has 1 aliphatic rings. The molecule has 0 amide bonds. The predicted octanol–water partition coefficient (Wildman–Crippen LogP) is 1.71. The number of aliphatic hydroxyl groups is 1. The highest BCUT2D eigenvalue weighted by molar-refractivity contribution is 5.97. The molecule has 0 fully saturated rings. The number of hydrogen-bond donors (Lipinski definition) is 2. The van der Waals surface area contributed by atoms with Gasteiger partial charge in [-0.2, -0.15) is 0 Å². The van der Waals surface area contributed by atoms with Crippen molar-refractivity contribution in [2.45, 2.75) is 27.2 Å². The molecule has 1 unspecified atom stereocenters. The van der Waals surface area contributed by atoms with E-state index in [1.165, 1.54) is 7.05 Å². The number of nitrogens with zero attached hydrogens (tertiary/aromatic N) is 1. The van der Waals surface area contributed by atoms with Gasteiger partial charge in [-0.25, -0.2) is 0 Å². The van der Waals surface area contributed by atoms with Gasteiger partial charge in [-0.3, -0.25) is 15.1 Å². The molecule has 0 saturated heterocycles. The Morgan fingerprint density at radius 1 is 1.50 bits per heavy atom. The molecule has 0 bridgehead atoms. The van der Waals surface area contributed by atoms with Gasteiger partial charge in [0.15, 0.2) is 5.78 Å². The Morgan fingerprint density at radius 2 is 2.00 bits per heavy atom. The zero-order valence-corrected chi connectivity index (χ0v) is 9.03. The number of Topliss-reactive ketones (excluding diaryl/α,β-unsaturated/α-hetero) is 1. The number of aliphatic hydroxyl groups excluding tert-OH is 1. The lowest BCUT2D eigenvalue weighted by atomic mass is 9.74. The number of likely N-dealkylation sites (N-methyl/N-ethyl adjacent to an activating group) is 1. The Hall–Kier alpha value is -1.03. The van der Waals surface area contributed by atoms with Crippen molar-refractivity contribution in [3.63, 3.8) is 0 Å². The highest BCUT2D eigenvalue weighted by Crippen LogP contribution is 2.40. The van der Waals surface area contributed by atoms with Gasteiger partial charge in [0.05, 0.1) is 0 Å². The number of allylic oxidation sites excluding steroid dienone is 2. The van der Waals surface area contributed by atoms with Crippen LogP contribution in [0.3, 0.4) is 0 Å². The summed E-state index contributed by atoms with van der Waals surface area (Å²) in [7, 11) is 1.34. The average molecular weight is 199 g/mol. The second kappa shape index (κ2) is 3.28. The van der Waals surface area contributed by atoms with E-state index in [0.29, 0.717) is 11.5 Å². The van der Waals surface area contributed by atoms with Crippen molar-refractivity contribution in [3.05, 3.63) is 11.5 Å². The minimum atomic E-state index is -0.445. The second-order valence-corrected chi connectivity index (χ2v) is 4.57. The summed E-state index contributed by atoms with van der Waals surface area (Å²) in [6, 6.07) is 0. The number of carbonyl (C=O) groups excluding carboxylic acids is 1. The normalized spacial score (nSPS) is 26.6. The van der Waals surface area contributed by atoms with Crippen LogP contribution in [0, 0.1) is 11.3 Å². The first-order valence-electron chi connectivity index (χ1n) is 4.68. The SMILES string of the molecule is CC1CC(C)(C)C(O)=C(N(C)O)C1=O. The Morgan fingerprint density at radius 3 is 2.43 bits per heavy atom. The minimum absolute atomic E-state index is 0.0220. The molecule has 0 spiro atoms. The third-order valence-electron chi connectivity index (χ3n) is 2.69. The Kier molecular flexibility index (Phi) is 2.58. The molecule has 2 N–H and O–H groups in total. The van der Waals surface area contributed by atoms with Crippen LogP contribution in [0.5, 0.6) is 0 Å². The summed E-state index contributed by atoms with van der Waals surface area (Å²) in [5, 5.41) is 19.8. The number of hydroxylamine groups is 2. The quantitative estimate of drug-likeness (QED) is 0.631. The van der Waals surface area contributed by atoms with Crippen molar-refractivity contribution in [3.8, 4) is 0 Å². The van der Waals surface area contributed by atoms with Gasteiger partial charge >= 0.3 is 0 Å². The number of carbonyl (C=O) groups is 1. The van der Waals surface area contributed by atoms with Crippen molar-refractivity contribution in [2.24, 2.45) is 11.3 Å². The Bertz CT molecular complexity index is 292. The van der Waals surface area contributed by atoms with E-state index in [0.717, 1.165) is 0 Å². The summed E-state index contributed by atoms with van der Waals surface area (Å²) in [4.78, 5) is 11.6. The van der Waals surface area contributed by atoms with Crippen LogP contribution in [0.4, 0.5) is 0 Å². The fraction of sp³-hybridized carbons (Fsp3) is 0.700. The van der Waals surface area contributed by atoms with Crippen LogP contribution < -0.4 is 0 Å². The van der Waals surface area contributed by atoms with Gasteiger partial charge in [-0.15, -0.1) is 0 Å². The topological polar surface area (TPSA) is 60.8 Å². The molecule has 1 rings (SSSR count). The van der Waals surface area contributed by atoms with Gasteiger partial charge in [0.2, 0.25) is 0 Å². The molecule has 0 aromatic rings. The van der Waals surface area contributed by atoms with Gasteiger partial charge in [-0.05, 0) is 6.42 Å². The monoisotopic (exact) mass is 199 g/mol. The fourth-order valence-corrected chi connectivity index (χ4v) is 1.94. The van der Waals surface area contributed by atoms with E-state index in [9.17, 15) is 15.1 Å². The minimum Gasteiger partial charge on any atom is -0.509 e. The van der Waals surface area contributed by atoms with E-state index < -0.39 is 5.41 Å². The number of hydrogen-bond acceptors (Lipinski definition) is 4. The first-order valence-corrected chi connectivity index (χ1v) is 4.68. The van der Waals surface area contributed by atoms with Gasteiger partial charge in [-0.1, -0.05) is 20.8 Å². The highest BCUT2D eigenvalue weighted by Gasteiger charge is 2.40. The summed E-state index contributed by atoms with van der Waals surface area (Å²) in [5.74, 6) is -0.386. The van der Waals surface area contributed by atoms with E-state index in [2.05, 4.69) is 0 Å². The molecule has 1 aliphatic carbocycles. The second-order valence-electron chi connectivity index (χ2n) is 4.57. The molecule has 4 heteroatoms. The highest BCUT2D eigenvalue weighted by atomic mass is 16.5. The van der Waals surface area contributed by atoms with Crippen LogP contribution in [-0.2, 0) is 4.79 Å². The Labute approximate surface area is 83.8 Å². The maximum absolute atomic E-state index is 11.6. The summed E-state index contributed by atoms with van der Waals surface area (Å²) in [6.07, 6.45) is 0.606. The molecule has 0 heterocycles. The van der Waals surface area contributed by atoms with Crippen molar-refractivity contribution < 1.29 is 15.1 Å². The molecule has 14 heavy (non-hydrogen) atoms. The summed E-state index contributed by atoms with van der Waals surface area (Å²) in [5.41, 5.74) is -0.423. The molecular formula is C10H17NO3. The van der Waals surface area contributed by atoms with Crippen LogP contribution in [0.15, 0.2) is 11.5 Å². The van der Waals surface area contributed by atoms with E-state index in [4.69, 9.17) is 0 Å². The van der Waals surface area contributed by atoms with Crippen molar-refractivity contribution in [1.29, 1.82) is 0 Å². The van der Waals surface area contributed by atoms with E-state index in [-0.39, 0.29) is 23.2 Å². The molecule has 0 aromatic heterocycles.